The van der Waals surface area contributed by atoms with Crippen LogP contribution in [0.5, 0.6) is 5.75 Å². The number of anilines is 1. The van der Waals surface area contributed by atoms with Crippen molar-refractivity contribution >= 4 is 16.5 Å². The highest BCUT2D eigenvalue weighted by atomic mass is 32.1. The molecule has 1 heterocycles. The molecule has 0 radical (unpaired) electrons. The number of hydrogen-bond acceptors (Lipinski definition) is 5. The molecule has 0 bridgehead atoms. The van der Waals surface area contributed by atoms with Crippen molar-refractivity contribution in [2.75, 3.05) is 11.9 Å². The van der Waals surface area contributed by atoms with Crippen LogP contribution in [0.4, 0.5) is 5.13 Å². The van der Waals surface area contributed by atoms with Crippen molar-refractivity contribution in [2.24, 2.45) is 0 Å². The number of hydrogen-bond donors (Lipinski definition) is 1. The molecule has 0 aliphatic carbocycles. The van der Waals surface area contributed by atoms with Gasteiger partial charge in [0.05, 0.1) is 6.10 Å². The number of nitrogens with one attached hydrogen (secondary N) is 1. The lowest BCUT2D eigenvalue weighted by molar-refractivity contribution is 0.242. The molecule has 2 aromatic rings. The van der Waals surface area contributed by atoms with Gasteiger partial charge in [0.1, 0.15) is 10.8 Å². The molecule has 0 unspecified atom stereocenters. The molecule has 4 nitrogen and oxygen atoms in total. The van der Waals surface area contributed by atoms with E-state index in [4.69, 9.17) is 4.74 Å². The second-order valence-corrected chi connectivity index (χ2v) is 5.11. The third-order valence-electron chi connectivity index (χ3n) is 2.21. The zero-order chi connectivity index (χ0) is 13.0. The van der Waals surface area contributed by atoms with E-state index in [1.165, 1.54) is 0 Å². The monoisotopic (exact) mass is 263 g/mol. The molecule has 0 amide bonds. The molecule has 2 rings (SSSR count). The van der Waals surface area contributed by atoms with Crippen LogP contribution in [0.15, 0.2) is 24.3 Å². The molecule has 0 saturated carbocycles. The first kappa shape index (κ1) is 12.8. The van der Waals surface area contributed by atoms with Gasteiger partial charge in [0.15, 0.2) is 0 Å². The summed E-state index contributed by atoms with van der Waals surface area (Å²) in [6.45, 7) is 6.92. The molecule has 0 atom stereocenters. The smallest absolute Gasteiger partial charge is 0.205 e. The first-order valence-corrected chi connectivity index (χ1v) is 6.85. The molecule has 0 saturated heterocycles. The maximum absolute atomic E-state index is 5.67. The number of rotatable bonds is 5. The van der Waals surface area contributed by atoms with E-state index in [-0.39, 0.29) is 6.10 Å². The van der Waals surface area contributed by atoms with Crippen molar-refractivity contribution in [1.82, 2.24) is 10.2 Å². The number of nitrogens with zero attached hydrogens (tertiary/aromatic N) is 2. The highest BCUT2D eigenvalue weighted by Gasteiger charge is 2.07. The summed E-state index contributed by atoms with van der Waals surface area (Å²) >= 11 is 1.55. The fourth-order valence-corrected chi connectivity index (χ4v) is 2.34. The van der Waals surface area contributed by atoms with Crippen LogP contribution in [0.1, 0.15) is 20.8 Å². The van der Waals surface area contributed by atoms with Crippen molar-refractivity contribution in [3.05, 3.63) is 24.3 Å². The molecule has 18 heavy (non-hydrogen) atoms. The maximum atomic E-state index is 5.67. The Morgan fingerprint density at radius 1 is 1.33 bits per heavy atom. The lowest BCUT2D eigenvalue weighted by Gasteiger charge is -2.09. The normalized spacial score (nSPS) is 10.7. The first-order valence-electron chi connectivity index (χ1n) is 6.03. The van der Waals surface area contributed by atoms with Gasteiger partial charge >= 0.3 is 0 Å². The Kier molecular flexibility index (Phi) is 4.15. The molecule has 1 N–H and O–H groups in total. The Balaban J connectivity index is 2.21. The fraction of sp³-hybridized carbons (Fsp3) is 0.385. The van der Waals surface area contributed by atoms with Crippen molar-refractivity contribution in [3.8, 4) is 16.3 Å². The Morgan fingerprint density at radius 2 is 2.17 bits per heavy atom. The minimum atomic E-state index is 0.173. The Labute approximate surface area is 111 Å². The summed E-state index contributed by atoms with van der Waals surface area (Å²) in [5, 5.41) is 13.2. The van der Waals surface area contributed by atoms with E-state index in [2.05, 4.69) is 15.5 Å². The van der Waals surface area contributed by atoms with Gasteiger partial charge in [-0.25, -0.2) is 0 Å². The van der Waals surface area contributed by atoms with Gasteiger partial charge in [0, 0.05) is 12.1 Å². The van der Waals surface area contributed by atoms with Crippen molar-refractivity contribution in [3.63, 3.8) is 0 Å². The van der Waals surface area contributed by atoms with E-state index in [0.717, 1.165) is 28.0 Å². The second kappa shape index (κ2) is 5.82. The molecule has 0 aliphatic heterocycles. The highest BCUT2D eigenvalue weighted by molar-refractivity contribution is 7.18. The van der Waals surface area contributed by atoms with Crippen LogP contribution >= 0.6 is 11.3 Å². The summed E-state index contributed by atoms with van der Waals surface area (Å²) in [7, 11) is 0. The third kappa shape index (κ3) is 3.20. The van der Waals surface area contributed by atoms with Gasteiger partial charge in [-0.2, -0.15) is 0 Å². The lowest BCUT2D eigenvalue weighted by atomic mass is 10.2. The number of ether oxygens (including phenoxy) is 1. The largest absolute Gasteiger partial charge is 0.491 e. The molecule has 1 aromatic carbocycles. The van der Waals surface area contributed by atoms with Gasteiger partial charge < -0.3 is 10.1 Å². The summed E-state index contributed by atoms with van der Waals surface area (Å²) in [5.41, 5.74) is 1.04. The minimum absolute atomic E-state index is 0.173. The van der Waals surface area contributed by atoms with E-state index in [9.17, 15) is 0 Å². The van der Waals surface area contributed by atoms with Crippen LogP contribution in [0.3, 0.4) is 0 Å². The van der Waals surface area contributed by atoms with E-state index in [1.54, 1.807) is 11.3 Å². The van der Waals surface area contributed by atoms with Crippen LogP contribution in [0, 0.1) is 0 Å². The SMILES string of the molecule is CCNc1nnc(-c2cccc(OC(C)C)c2)s1. The van der Waals surface area contributed by atoms with Crippen LogP contribution < -0.4 is 10.1 Å². The second-order valence-electron chi connectivity index (χ2n) is 4.14. The molecule has 96 valence electrons. The predicted molar refractivity (Wildman–Crippen MR) is 75.3 cm³/mol. The summed E-state index contributed by atoms with van der Waals surface area (Å²) in [6, 6.07) is 7.94. The highest BCUT2D eigenvalue weighted by Crippen LogP contribution is 2.28. The standard InChI is InChI=1S/C13H17N3OS/c1-4-14-13-16-15-12(18-13)10-6-5-7-11(8-10)17-9(2)3/h5-9H,4H2,1-3H3,(H,14,16). The van der Waals surface area contributed by atoms with E-state index >= 15 is 0 Å². The van der Waals surface area contributed by atoms with Crippen LogP contribution in [0.2, 0.25) is 0 Å². The summed E-state index contributed by atoms with van der Waals surface area (Å²) in [4.78, 5) is 0. The first-order chi connectivity index (χ1) is 8.69. The van der Waals surface area contributed by atoms with Crippen molar-refractivity contribution in [1.29, 1.82) is 0 Å². The van der Waals surface area contributed by atoms with Crippen LogP contribution in [-0.2, 0) is 0 Å². The lowest BCUT2D eigenvalue weighted by Crippen LogP contribution is -2.05. The van der Waals surface area contributed by atoms with Crippen LogP contribution in [0.25, 0.3) is 10.6 Å². The van der Waals surface area contributed by atoms with Crippen molar-refractivity contribution in [2.45, 2.75) is 26.9 Å². The topological polar surface area (TPSA) is 47.0 Å². The average molecular weight is 263 g/mol. The Morgan fingerprint density at radius 3 is 2.89 bits per heavy atom. The average Bonchev–Trinajstić information content (AvgIpc) is 2.78. The van der Waals surface area contributed by atoms with Gasteiger partial charge in [-0.15, -0.1) is 10.2 Å². The Bertz CT molecular complexity index is 510. The predicted octanol–water partition coefficient (Wildman–Crippen LogP) is 3.42. The summed E-state index contributed by atoms with van der Waals surface area (Å²) in [6.07, 6.45) is 0.173. The quantitative estimate of drug-likeness (QED) is 0.898. The molecule has 0 aliphatic rings. The Hall–Kier alpha value is -1.62. The van der Waals surface area contributed by atoms with Gasteiger partial charge in [0.2, 0.25) is 5.13 Å². The van der Waals surface area contributed by atoms with Gasteiger partial charge in [-0.3, -0.25) is 0 Å². The van der Waals surface area contributed by atoms with Gasteiger partial charge in [0.25, 0.3) is 0 Å². The summed E-state index contributed by atoms with van der Waals surface area (Å²) < 4.78 is 5.67. The van der Waals surface area contributed by atoms with E-state index in [1.807, 2.05) is 45.0 Å². The van der Waals surface area contributed by atoms with Crippen LogP contribution in [-0.4, -0.2) is 22.8 Å². The molecule has 0 fully saturated rings. The molecule has 0 spiro atoms. The number of benzene rings is 1. The molecule has 5 heteroatoms. The molecular formula is C13H17N3OS. The maximum Gasteiger partial charge on any atom is 0.205 e. The van der Waals surface area contributed by atoms with Crippen molar-refractivity contribution < 1.29 is 4.74 Å². The van der Waals surface area contributed by atoms with Gasteiger partial charge in [-0.1, -0.05) is 23.5 Å². The van der Waals surface area contributed by atoms with E-state index < -0.39 is 0 Å². The molecular weight excluding hydrogens is 246 g/mol. The third-order valence-corrected chi connectivity index (χ3v) is 3.14. The minimum Gasteiger partial charge on any atom is -0.491 e. The zero-order valence-corrected chi connectivity index (χ0v) is 11.6. The summed E-state index contributed by atoms with van der Waals surface area (Å²) in [5.74, 6) is 0.864. The van der Waals surface area contributed by atoms with Gasteiger partial charge in [-0.05, 0) is 32.9 Å². The van der Waals surface area contributed by atoms with E-state index in [0.29, 0.717) is 0 Å². The fourth-order valence-electron chi connectivity index (χ4n) is 1.54. The number of aromatic nitrogens is 2. The zero-order valence-electron chi connectivity index (χ0n) is 10.8. The molecule has 1 aromatic heterocycles.